The summed E-state index contributed by atoms with van der Waals surface area (Å²) in [6.45, 7) is 2.30. The van der Waals surface area contributed by atoms with E-state index in [1.165, 1.54) is 11.3 Å². The number of anilines is 1. The van der Waals surface area contributed by atoms with E-state index in [4.69, 9.17) is 4.74 Å². The Kier molecular flexibility index (Phi) is 5.13. The number of aliphatic hydroxyl groups excluding tert-OH is 1. The van der Waals surface area contributed by atoms with Gasteiger partial charge < -0.3 is 15.2 Å². The number of benzene rings is 1. The number of ether oxygens (including phenoxy) is 1. The molecule has 1 aromatic carbocycles. The first-order valence-corrected chi connectivity index (χ1v) is 7.42. The van der Waals surface area contributed by atoms with Crippen molar-refractivity contribution in [2.75, 3.05) is 18.5 Å². The molecule has 1 atom stereocenters. The largest absolute Gasteiger partial charge is 0.487 e. The van der Waals surface area contributed by atoms with Crippen molar-refractivity contribution in [1.82, 2.24) is 0 Å². The Morgan fingerprint density at radius 3 is 2.90 bits per heavy atom. The summed E-state index contributed by atoms with van der Waals surface area (Å²) in [5.74, 6) is 0.220. The van der Waals surface area contributed by atoms with E-state index in [1.807, 2.05) is 16.8 Å². The van der Waals surface area contributed by atoms with Gasteiger partial charge in [-0.25, -0.2) is 0 Å². The highest BCUT2D eigenvalue weighted by atomic mass is 32.1. The maximum Gasteiger partial charge on any atom is 0.333 e. The Morgan fingerprint density at radius 2 is 2.29 bits per heavy atom. The Hall–Kier alpha value is -2.12. The Balaban J connectivity index is 2.15. The molecule has 1 heterocycles. The van der Waals surface area contributed by atoms with E-state index >= 15 is 0 Å². The quantitative estimate of drug-likeness (QED) is 0.606. The zero-order valence-electron chi connectivity index (χ0n) is 11.5. The van der Waals surface area contributed by atoms with Gasteiger partial charge >= 0.3 is 5.69 Å². The normalized spacial score (nSPS) is 11.9. The number of thiophene rings is 1. The van der Waals surface area contributed by atoms with Gasteiger partial charge in [-0.15, -0.1) is 0 Å². The van der Waals surface area contributed by atoms with Crippen LogP contribution in [-0.4, -0.2) is 23.2 Å². The predicted molar refractivity (Wildman–Crippen MR) is 82.0 cm³/mol. The molecule has 6 nitrogen and oxygen atoms in total. The highest BCUT2D eigenvalue weighted by Gasteiger charge is 2.21. The van der Waals surface area contributed by atoms with Crippen molar-refractivity contribution in [3.8, 4) is 5.75 Å². The van der Waals surface area contributed by atoms with E-state index in [1.54, 1.807) is 25.1 Å². The zero-order chi connectivity index (χ0) is 15.2. The van der Waals surface area contributed by atoms with Crippen LogP contribution in [-0.2, 0) is 0 Å². The number of nitro benzene ring substituents is 1. The van der Waals surface area contributed by atoms with E-state index in [0.717, 1.165) is 5.56 Å². The summed E-state index contributed by atoms with van der Waals surface area (Å²) >= 11 is 1.49. The average Bonchev–Trinajstić information content (AvgIpc) is 2.99. The second-order valence-corrected chi connectivity index (χ2v) is 5.08. The summed E-state index contributed by atoms with van der Waals surface area (Å²) in [6, 6.07) is 6.66. The molecule has 2 aromatic rings. The van der Waals surface area contributed by atoms with Gasteiger partial charge in [0.15, 0.2) is 5.75 Å². The Morgan fingerprint density at radius 1 is 1.48 bits per heavy atom. The molecule has 0 amide bonds. The molecule has 0 spiro atoms. The number of para-hydroxylation sites is 1. The Labute approximate surface area is 126 Å². The van der Waals surface area contributed by atoms with Gasteiger partial charge in [0.2, 0.25) is 0 Å². The molecule has 1 unspecified atom stereocenters. The van der Waals surface area contributed by atoms with Crippen LogP contribution in [0.1, 0.15) is 18.6 Å². The lowest BCUT2D eigenvalue weighted by Gasteiger charge is -2.13. The van der Waals surface area contributed by atoms with Gasteiger partial charge in [0, 0.05) is 6.54 Å². The van der Waals surface area contributed by atoms with Crippen LogP contribution in [0.2, 0.25) is 0 Å². The minimum Gasteiger partial charge on any atom is -0.487 e. The van der Waals surface area contributed by atoms with Crippen LogP contribution >= 0.6 is 11.3 Å². The Bertz CT molecular complexity index is 601. The van der Waals surface area contributed by atoms with Gasteiger partial charge in [-0.05, 0) is 41.4 Å². The SMILES string of the molecule is CCOc1cccc(NCC(O)c2ccsc2)c1[N+](=O)[O-]. The maximum absolute atomic E-state index is 11.2. The number of hydrogen-bond acceptors (Lipinski definition) is 6. The number of nitro groups is 1. The lowest BCUT2D eigenvalue weighted by Crippen LogP contribution is -2.13. The van der Waals surface area contributed by atoms with E-state index < -0.39 is 11.0 Å². The van der Waals surface area contributed by atoms with E-state index in [2.05, 4.69) is 5.32 Å². The smallest absolute Gasteiger partial charge is 0.333 e. The fourth-order valence-corrected chi connectivity index (χ4v) is 2.62. The van der Waals surface area contributed by atoms with Gasteiger partial charge in [-0.1, -0.05) is 6.07 Å². The molecule has 2 rings (SSSR count). The maximum atomic E-state index is 11.2. The van der Waals surface area contributed by atoms with Crippen molar-refractivity contribution in [1.29, 1.82) is 0 Å². The van der Waals surface area contributed by atoms with Crippen LogP contribution in [0.4, 0.5) is 11.4 Å². The molecule has 7 heteroatoms. The lowest BCUT2D eigenvalue weighted by molar-refractivity contribution is -0.384. The number of hydrogen-bond donors (Lipinski definition) is 2. The van der Waals surface area contributed by atoms with E-state index in [-0.39, 0.29) is 18.0 Å². The predicted octanol–water partition coefficient (Wildman–Crippen LogP) is 3.20. The monoisotopic (exact) mass is 308 g/mol. The molecular formula is C14H16N2O4S. The third-order valence-electron chi connectivity index (χ3n) is 2.90. The van der Waals surface area contributed by atoms with Gasteiger partial charge in [0.25, 0.3) is 0 Å². The molecule has 0 bridgehead atoms. The molecule has 0 aliphatic heterocycles. The minimum atomic E-state index is -0.716. The van der Waals surface area contributed by atoms with Crippen molar-refractivity contribution >= 4 is 22.7 Å². The number of rotatable bonds is 7. The third kappa shape index (κ3) is 3.71. The van der Waals surface area contributed by atoms with Crippen LogP contribution in [0.15, 0.2) is 35.0 Å². The molecule has 0 aliphatic carbocycles. The molecule has 0 saturated heterocycles. The summed E-state index contributed by atoms with van der Waals surface area (Å²) in [6.07, 6.45) is -0.716. The molecule has 112 valence electrons. The first-order chi connectivity index (χ1) is 10.1. The lowest BCUT2D eigenvalue weighted by atomic mass is 10.2. The summed E-state index contributed by atoms with van der Waals surface area (Å²) in [7, 11) is 0. The number of aliphatic hydroxyl groups is 1. The topological polar surface area (TPSA) is 84.6 Å². The van der Waals surface area contributed by atoms with E-state index in [0.29, 0.717) is 12.3 Å². The number of nitrogens with one attached hydrogen (secondary N) is 1. The first-order valence-electron chi connectivity index (χ1n) is 6.47. The van der Waals surface area contributed by atoms with Gasteiger partial charge in [0.1, 0.15) is 5.69 Å². The molecule has 1 aromatic heterocycles. The highest BCUT2D eigenvalue weighted by Crippen LogP contribution is 2.35. The molecule has 0 radical (unpaired) electrons. The highest BCUT2D eigenvalue weighted by molar-refractivity contribution is 7.07. The van der Waals surface area contributed by atoms with Crippen molar-refractivity contribution in [3.63, 3.8) is 0 Å². The summed E-state index contributed by atoms with van der Waals surface area (Å²) in [4.78, 5) is 10.7. The average molecular weight is 308 g/mol. The molecule has 21 heavy (non-hydrogen) atoms. The van der Waals surface area contributed by atoms with Crippen LogP contribution in [0.5, 0.6) is 5.75 Å². The van der Waals surface area contributed by atoms with Gasteiger partial charge in [-0.3, -0.25) is 10.1 Å². The molecule has 0 fully saturated rings. The van der Waals surface area contributed by atoms with Gasteiger partial charge in [0.05, 0.1) is 17.6 Å². The second-order valence-electron chi connectivity index (χ2n) is 4.30. The van der Waals surface area contributed by atoms with Crippen molar-refractivity contribution in [2.45, 2.75) is 13.0 Å². The first kappa shape index (κ1) is 15.3. The van der Waals surface area contributed by atoms with Crippen molar-refractivity contribution in [2.24, 2.45) is 0 Å². The fraction of sp³-hybridized carbons (Fsp3) is 0.286. The van der Waals surface area contributed by atoms with Crippen LogP contribution < -0.4 is 10.1 Å². The standard InChI is InChI=1S/C14H16N2O4S/c1-2-20-13-5-3-4-11(14(13)16(18)19)15-8-12(17)10-6-7-21-9-10/h3-7,9,12,15,17H,2,8H2,1H3. The molecule has 0 saturated carbocycles. The third-order valence-corrected chi connectivity index (χ3v) is 3.60. The zero-order valence-corrected chi connectivity index (χ0v) is 12.3. The molecule has 2 N–H and O–H groups in total. The summed E-state index contributed by atoms with van der Waals surface area (Å²) in [5.41, 5.74) is 1.01. The van der Waals surface area contributed by atoms with Crippen LogP contribution in [0.25, 0.3) is 0 Å². The van der Waals surface area contributed by atoms with Crippen LogP contribution in [0, 0.1) is 10.1 Å². The number of nitrogens with zero attached hydrogens (tertiary/aromatic N) is 1. The van der Waals surface area contributed by atoms with Crippen molar-refractivity contribution < 1.29 is 14.8 Å². The summed E-state index contributed by atoms with van der Waals surface area (Å²) < 4.78 is 5.28. The van der Waals surface area contributed by atoms with Crippen LogP contribution in [0.3, 0.4) is 0 Å². The van der Waals surface area contributed by atoms with Gasteiger partial charge in [-0.2, -0.15) is 11.3 Å². The summed E-state index contributed by atoms with van der Waals surface area (Å²) in [5, 5.41) is 27.9. The molecular weight excluding hydrogens is 292 g/mol. The molecule has 0 aliphatic rings. The van der Waals surface area contributed by atoms with E-state index in [9.17, 15) is 15.2 Å². The second kappa shape index (κ2) is 7.05. The minimum absolute atomic E-state index is 0.114. The fourth-order valence-electron chi connectivity index (χ4n) is 1.91. The van der Waals surface area contributed by atoms with Crippen molar-refractivity contribution in [3.05, 3.63) is 50.7 Å².